The first kappa shape index (κ1) is 14.9. The fraction of sp³-hybridized carbons (Fsp3) is 0.562. The number of methoxy groups -OCH3 is 1. The zero-order valence-corrected chi connectivity index (χ0v) is 12.6. The van der Waals surface area contributed by atoms with Crippen LogP contribution in [0.15, 0.2) is 24.3 Å². The van der Waals surface area contributed by atoms with Crippen molar-refractivity contribution in [2.45, 2.75) is 38.8 Å². The number of hydrogen-bond acceptors (Lipinski definition) is 3. The van der Waals surface area contributed by atoms with Crippen LogP contribution in [0.3, 0.4) is 0 Å². The molecule has 4 nitrogen and oxygen atoms in total. The number of rotatable bonds is 4. The van der Waals surface area contributed by atoms with Crippen LogP contribution in [0.25, 0.3) is 0 Å². The van der Waals surface area contributed by atoms with E-state index in [1.165, 1.54) is 5.56 Å². The number of carbonyl (C=O) groups excluding carboxylic acids is 1. The molecular formula is C16H24N2O2. The van der Waals surface area contributed by atoms with Crippen molar-refractivity contribution in [2.24, 2.45) is 0 Å². The number of nitrogens with zero attached hydrogens (tertiary/aromatic N) is 1. The number of para-hydroxylation sites is 1. The fourth-order valence-electron chi connectivity index (χ4n) is 2.83. The van der Waals surface area contributed by atoms with Gasteiger partial charge in [-0.2, -0.15) is 0 Å². The molecule has 0 aliphatic carbocycles. The average Bonchev–Trinajstić information content (AvgIpc) is 2.47. The molecule has 0 spiro atoms. The predicted octanol–water partition coefficient (Wildman–Crippen LogP) is 2.36. The van der Waals surface area contributed by atoms with Gasteiger partial charge in [-0.3, -0.25) is 4.79 Å². The van der Waals surface area contributed by atoms with E-state index in [-0.39, 0.29) is 11.9 Å². The number of likely N-dealkylation sites (tertiary alicyclic amines) is 1. The molecule has 0 bridgehead atoms. The summed E-state index contributed by atoms with van der Waals surface area (Å²) in [6, 6.07) is 8.83. The minimum Gasteiger partial charge on any atom is -0.496 e. The molecule has 20 heavy (non-hydrogen) atoms. The number of ether oxygens (including phenoxy) is 1. The Labute approximate surface area is 121 Å². The van der Waals surface area contributed by atoms with Crippen LogP contribution in [0, 0.1) is 0 Å². The van der Waals surface area contributed by atoms with Crippen LogP contribution in [0.4, 0.5) is 0 Å². The third-order valence-corrected chi connectivity index (χ3v) is 4.03. The molecule has 1 aromatic carbocycles. The summed E-state index contributed by atoms with van der Waals surface area (Å²) in [5.74, 6) is 1.11. The highest BCUT2D eigenvalue weighted by Crippen LogP contribution is 2.25. The van der Waals surface area contributed by atoms with Gasteiger partial charge in [-0.1, -0.05) is 18.2 Å². The summed E-state index contributed by atoms with van der Waals surface area (Å²) >= 11 is 0. The van der Waals surface area contributed by atoms with Crippen LogP contribution in [-0.2, 0) is 4.79 Å². The van der Waals surface area contributed by atoms with E-state index < -0.39 is 0 Å². The Morgan fingerprint density at radius 3 is 2.60 bits per heavy atom. The molecule has 1 amide bonds. The van der Waals surface area contributed by atoms with Gasteiger partial charge in [0.05, 0.1) is 7.11 Å². The monoisotopic (exact) mass is 276 g/mol. The zero-order valence-electron chi connectivity index (χ0n) is 12.6. The van der Waals surface area contributed by atoms with Crippen LogP contribution in [0.2, 0.25) is 0 Å². The Kier molecular flexibility index (Phi) is 5.01. The predicted molar refractivity (Wildman–Crippen MR) is 79.8 cm³/mol. The van der Waals surface area contributed by atoms with Crippen LogP contribution in [0.1, 0.15) is 38.3 Å². The molecule has 1 N–H and O–H groups in total. The Morgan fingerprint density at radius 1 is 1.35 bits per heavy atom. The lowest BCUT2D eigenvalue weighted by molar-refractivity contribution is -0.129. The van der Waals surface area contributed by atoms with Gasteiger partial charge in [0.15, 0.2) is 0 Å². The number of nitrogens with one attached hydrogen (secondary N) is 1. The molecular weight excluding hydrogens is 252 g/mol. The van der Waals surface area contributed by atoms with Crippen molar-refractivity contribution in [2.75, 3.05) is 20.2 Å². The van der Waals surface area contributed by atoms with E-state index >= 15 is 0 Å². The molecule has 1 heterocycles. The maximum Gasteiger partial charge on any atom is 0.219 e. The molecule has 110 valence electrons. The highest BCUT2D eigenvalue weighted by atomic mass is 16.5. The summed E-state index contributed by atoms with van der Waals surface area (Å²) in [5.41, 5.74) is 1.18. The van der Waals surface area contributed by atoms with Crippen molar-refractivity contribution >= 4 is 5.91 Å². The standard InChI is InChI=1S/C16H24N2O2/c1-12(15-6-4-5-7-16(15)20-3)17-14-8-10-18(11-9-14)13(2)19/h4-7,12,14,17H,8-11H2,1-3H3/t12-/m0/s1. The number of piperidine rings is 1. The SMILES string of the molecule is COc1ccccc1[C@H](C)NC1CCN(C(C)=O)CC1. The van der Waals surface area contributed by atoms with Gasteiger partial charge in [0.1, 0.15) is 5.75 Å². The quantitative estimate of drug-likeness (QED) is 0.918. The molecule has 0 saturated carbocycles. The van der Waals surface area contributed by atoms with Crippen LogP contribution in [0.5, 0.6) is 5.75 Å². The van der Waals surface area contributed by atoms with Gasteiger partial charge in [-0.25, -0.2) is 0 Å². The maximum atomic E-state index is 11.3. The van der Waals surface area contributed by atoms with Crippen molar-refractivity contribution in [1.29, 1.82) is 0 Å². The Balaban J connectivity index is 1.92. The van der Waals surface area contributed by atoms with Gasteiger partial charge < -0.3 is 15.0 Å². The number of hydrogen-bond donors (Lipinski definition) is 1. The molecule has 0 aromatic heterocycles. The molecule has 1 aliphatic heterocycles. The summed E-state index contributed by atoms with van der Waals surface area (Å²) in [6.45, 7) is 5.51. The van der Waals surface area contributed by atoms with Gasteiger partial charge in [-0.05, 0) is 25.8 Å². The molecule has 1 atom stereocenters. The van der Waals surface area contributed by atoms with Crippen molar-refractivity contribution < 1.29 is 9.53 Å². The smallest absolute Gasteiger partial charge is 0.219 e. The van der Waals surface area contributed by atoms with Gasteiger partial charge in [0.2, 0.25) is 5.91 Å². The maximum absolute atomic E-state index is 11.3. The minimum atomic E-state index is 0.182. The minimum absolute atomic E-state index is 0.182. The highest BCUT2D eigenvalue weighted by Gasteiger charge is 2.22. The first-order chi connectivity index (χ1) is 9.61. The lowest BCUT2D eigenvalue weighted by Gasteiger charge is -2.33. The molecule has 0 unspecified atom stereocenters. The summed E-state index contributed by atoms with van der Waals surface area (Å²) in [6.07, 6.45) is 2.03. The summed E-state index contributed by atoms with van der Waals surface area (Å²) < 4.78 is 5.41. The molecule has 1 aromatic rings. The van der Waals surface area contributed by atoms with Crippen LogP contribution >= 0.6 is 0 Å². The summed E-state index contributed by atoms with van der Waals surface area (Å²) in [7, 11) is 1.71. The van der Waals surface area contributed by atoms with E-state index in [2.05, 4.69) is 18.3 Å². The number of amides is 1. The third kappa shape index (κ3) is 3.51. The molecule has 1 saturated heterocycles. The third-order valence-electron chi connectivity index (χ3n) is 4.03. The zero-order chi connectivity index (χ0) is 14.5. The summed E-state index contributed by atoms with van der Waals surface area (Å²) in [4.78, 5) is 13.2. The van der Waals surface area contributed by atoms with E-state index in [4.69, 9.17) is 4.74 Å². The van der Waals surface area contributed by atoms with Gasteiger partial charge in [0.25, 0.3) is 0 Å². The van der Waals surface area contributed by atoms with Crippen molar-refractivity contribution in [3.05, 3.63) is 29.8 Å². The number of benzene rings is 1. The van der Waals surface area contributed by atoms with Crippen LogP contribution in [-0.4, -0.2) is 37.0 Å². The molecule has 1 fully saturated rings. The second-order valence-corrected chi connectivity index (χ2v) is 5.41. The van der Waals surface area contributed by atoms with Gasteiger partial charge in [0, 0.05) is 37.7 Å². The van der Waals surface area contributed by atoms with E-state index in [0.29, 0.717) is 6.04 Å². The molecule has 1 aliphatic rings. The first-order valence-corrected chi connectivity index (χ1v) is 7.26. The first-order valence-electron chi connectivity index (χ1n) is 7.26. The van der Waals surface area contributed by atoms with Crippen molar-refractivity contribution in [1.82, 2.24) is 10.2 Å². The van der Waals surface area contributed by atoms with Gasteiger partial charge >= 0.3 is 0 Å². The van der Waals surface area contributed by atoms with E-state index in [1.807, 2.05) is 23.1 Å². The molecule has 0 radical (unpaired) electrons. The lowest BCUT2D eigenvalue weighted by atomic mass is 10.0. The van der Waals surface area contributed by atoms with Crippen molar-refractivity contribution in [3.8, 4) is 5.75 Å². The second kappa shape index (κ2) is 6.75. The van der Waals surface area contributed by atoms with Gasteiger partial charge in [-0.15, -0.1) is 0 Å². The Bertz CT molecular complexity index is 454. The Morgan fingerprint density at radius 2 is 2.00 bits per heavy atom. The molecule has 4 heteroatoms. The molecule has 2 rings (SSSR count). The largest absolute Gasteiger partial charge is 0.496 e. The van der Waals surface area contributed by atoms with E-state index in [0.717, 1.165) is 31.7 Å². The summed E-state index contributed by atoms with van der Waals surface area (Å²) in [5, 5.41) is 3.65. The van der Waals surface area contributed by atoms with E-state index in [9.17, 15) is 4.79 Å². The van der Waals surface area contributed by atoms with Crippen molar-refractivity contribution in [3.63, 3.8) is 0 Å². The second-order valence-electron chi connectivity index (χ2n) is 5.41. The fourth-order valence-corrected chi connectivity index (χ4v) is 2.83. The normalized spacial score (nSPS) is 17.9. The average molecular weight is 276 g/mol. The van der Waals surface area contributed by atoms with E-state index in [1.54, 1.807) is 14.0 Å². The Hall–Kier alpha value is -1.55. The lowest BCUT2D eigenvalue weighted by Crippen LogP contribution is -2.44. The highest BCUT2D eigenvalue weighted by molar-refractivity contribution is 5.73. The number of carbonyl (C=O) groups is 1. The van der Waals surface area contributed by atoms with Crippen LogP contribution < -0.4 is 10.1 Å². The topological polar surface area (TPSA) is 41.6 Å².